The second-order valence-electron chi connectivity index (χ2n) is 5.97. The molecular weight excluding hydrogens is 252 g/mol. The maximum atomic E-state index is 10.3. The Bertz CT molecular complexity index is 322. The smallest absolute Gasteiger partial charge is 0.102 e. The number of hydrogen-bond acceptors (Lipinski definition) is 3. The first-order valence-corrected chi connectivity index (χ1v) is 7.77. The Morgan fingerprint density at radius 3 is 2.65 bits per heavy atom. The minimum atomic E-state index is -0.529. The molecular formula is C17H30O3. The van der Waals surface area contributed by atoms with Gasteiger partial charge in [0.25, 0.3) is 0 Å². The van der Waals surface area contributed by atoms with E-state index in [1.54, 1.807) is 7.11 Å². The van der Waals surface area contributed by atoms with Crippen LogP contribution in [0, 0.1) is 5.92 Å². The molecule has 1 aliphatic carbocycles. The molecule has 3 nitrogen and oxygen atoms in total. The summed E-state index contributed by atoms with van der Waals surface area (Å²) in [6.45, 7) is 4.08. The Balaban J connectivity index is 2.76. The van der Waals surface area contributed by atoms with E-state index in [4.69, 9.17) is 4.74 Å². The normalized spacial score (nSPS) is 38.5. The topological polar surface area (TPSA) is 49.7 Å². The van der Waals surface area contributed by atoms with Gasteiger partial charge < -0.3 is 14.9 Å². The van der Waals surface area contributed by atoms with Crippen molar-refractivity contribution in [2.75, 3.05) is 7.11 Å². The van der Waals surface area contributed by atoms with Gasteiger partial charge >= 0.3 is 0 Å². The highest BCUT2D eigenvalue weighted by atomic mass is 16.5. The van der Waals surface area contributed by atoms with E-state index in [-0.39, 0.29) is 18.1 Å². The lowest BCUT2D eigenvalue weighted by atomic mass is 9.94. The molecule has 0 amide bonds. The van der Waals surface area contributed by atoms with Crippen LogP contribution in [0.1, 0.15) is 52.4 Å². The average molecular weight is 282 g/mol. The van der Waals surface area contributed by atoms with Crippen molar-refractivity contribution < 1.29 is 14.9 Å². The van der Waals surface area contributed by atoms with E-state index in [0.717, 1.165) is 38.5 Å². The monoisotopic (exact) mass is 282 g/mol. The molecule has 2 N–H and O–H groups in total. The molecule has 0 fully saturated rings. The van der Waals surface area contributed by atoms with Gasteiger partial charge in [0.15, 0.2) is 0 Å². The number of aliphatic hydroxyl groups excluding tert-OH is 2. The zero-order valence-corrected chi connectivity index (χ0v) is 13.1. The molecule has 0 aliphatic heterocycles. The zero-order chi connectivity index (χ0) is 15.0. The van der Waals surface area contributed by atoms with Gasteiger partial charge in [-0.25, -0.2) is 0 Å². The molecule has 0 bridgehead atoms. The summed E-state index contributed by atoms with van der Waals surface area (Å²) >= 11 is 0. The molecule has 1 aliphatic rings. The van der Waals surface area contributed by atoms with Crippen LogP contribution in [0.3, 0.4) is 0 Å². The lowest BCUT2D eigenvalue weighted by Crippen LogP contribution is -2.31. The molecule has 0 aromatic carbocycles. The number of ether oxygens (including phenoxy) is 1. The summed E-state index contributed by atoms with van der Waals surface area (Å²) < 4.78 is 5.38. The highest BCUT2D eigenvalue weighted by Crippen LogP contribution is 2.19. The van der Waals surface area contributed by atoms with Gasteiger partial charge in [-0.15, -0.1) is 0 Å². The Morgan fingerprint density at radius 1 is 1.20 bits per heavy atom. The molecule has 0 spiro atoms. The summed E-state index contributed by atoms with van der Waals surface area (Å²) in [6, 6.07) is 0. The molecule has 116 valence electrons. The van der Waals surface area contributed by atoms with Crippen LogP contribution < -0.4 is 0 Å². The molecule has 3 heteroatoms. The van der Waals surface area contributed by atoms with Gasteiger partial charge in [-0.05, 0) is 39.0 Å². The van der Waals surface area contributed by atoms with Crippen LogP contribution in [-0.2, 0) is 4.74 Å². The summed E-state index contributed by atoms with van der Waals surface area (Å²) in [6.07, 6.45) is 10.9. The SMILES string of the molecule is COC1/C=C/CCCCC(O)CC/C(C)=C\C(C)[C@@H]1O. The number of hydrogen-bond donors (Lipinski definition) is 2. The summed E-state index contributed by atoms with van der Waals surface area (Å²) in [5.41, 5.74) is 1.23. The molecule has 3 unspecified atom stereocenters. The lowest BCUT2D eigenvalue weighted by Gasteiger charge is -2.23. The largest absolute Gasteiger partial charge is 0.393 e. The molecule has 0 saturated carbocycles. The molecule has 1 rings (SSSR count). The van der Waals surface area contributed by atoms with Crippen LogP contribution in [-0.4, -0.2) is 35.6 Å². The minimum Gasteiger partial charge on any atom is -0.393 e. The zero-order valence-electron chi connectivity index (χ0n) is 13.1. The van der Waals surface area contributed by atoms with E-state index >= 15 is 0 Å². The van der Waals surface area contributed by atoms with Gasteiger partial charge in [-0.1, -0.05) is 37.1 Å². The number of allylic oxidation sites excluding steroid dienone is 2. The maximum Gasteiger partial charge on any atom is 0.102 e. The summed E-state index contributed by atoms with van der Waals surface area (Å²) in [5, 5.41) is 20.3. The molecule has 20 heavy (non-hydrogen) atoms. The van der Waals surface area contributed by atoms with Gasteiger partial charge in [0.2, 0.25) is 0 Å². The minimum absolute atomic E-state index is 0.0460. The van der Waals surface area contributed by atoms with E-state index in [0.29, 0.717) is 0 Å². The summed E-state index contributed by atoms with van der Waals surface area (Å²) in [5.74, 6) is 0.0460. The van der Waals surface area contributed by atoms with Crippen LogP contribution in [0.5, 0.6) is 0 Å². The molecule has 0 saturated heterocycles. The van der Waals surface area contributed by atoms with Gasteiger partial charge in [0.1, 0.15) is 6.10 Å². The van der Waals surface area contributed by atoms with Crippen LogP contribution in [0.25, 0.3) is 0 Å². The maximum absolute atomic E-state index is 10.3. The Morgan fingerprint density at radius 2 is 1.95 bits per heavy atom. The van der Waals surface area contributed by atoms with Crippen molar-refractivity contribution >= 4 is 0 Å². The fourth-order valence-electron chi connectivity index (χ4n) is 2.67. The molecule has 0 aromatic heterocycles. The highest BCUT2D eigenvalue weighted by molar-refractivity contribution is 5.05. The van der Waals surface area contributed by atoms with E-state index < -0.39 is 6.10 Å². The third-order valence-electron chi connectivity index (χ3n) is 4.05. The van der Waals surface area contributed by atoms with Crippen molar-refractivity contribution in [1.29, 1.82) is 0 Å². The van der Waals surface area contributed by atoms with Crippen molar-refractivity contribution in [3.05, 3.63) is 23.8 Å². The van der Waals surface area contributed by atoms with Crippen molar-refractivity contribution in [1.82, 2.24) is 0 Å². The molecule has 0 aromatic rings. The van der Waals surface area contributed by atoms with Crippen LogP contribution in [0.4, 0.5) is 0 Å². The Labute approximate surface area is 123 Å². The van der Waals surface area contributed by atoms with E-state index in [2.05, 4.69) is 19.1 Å². The van der Waals surface area contributed by atoms with Gasteiger partial charge in [-0.2, -0.15) is 0 Å². The molecule has 4 atom stereocenters. The summed E-state index contributed by atoms with van der Waals surface area (Å²) in [4.78, 5) is 0. The van der Waals surface area contributed by atoms with Crippen LogP contribution >= 0.6 is 0 Å². The predicted molar refractivity (Wildman–Crippen MR) is 82.6 cm³/mol. The highest BCUT2D eigenvalue weighted by Gasteiger charge is 2.21. The van der Waals surface area contributed by atoms with Crippen molar-refractivity contribution in [2.24, 2.45) is 5.92 Å². The van der Waals surface area contributed by atoms with Crippen molar-refractivity contribution in [2.45, 2.75) is 70.7 Å². The first kappa shape index (κ1) is 17.4. The molecule has 0 heterocycles. The second kappa shape index (κ2) is 9.32. The first-order valence-electron chi connectivity index (χ1n) is 7.77. The van der Waals surface area contributed by atoms with E-state index in [9.17, 15) is 10.2 Å². The quantitative estimate of drug-likeness (QED) is 0.726. The fourth-order valence-corrected chi connectivity index (χ4v) is 2.67. The van der Waals surface area contributed by atoms with Crippen LogP contribution in [0.15, 0.2) is 23.8 Å². The summed E-state index contributed by atoms with van der Waals surface area (Å²) in [7, 11) is 1.64. The van der Waals surface area contributed by atoms with Gasteiger partial charge in [0, 0.05) is 13.0 Å². The lowest BCUT2D eigenvalue weighted by molar-refractivity contribution is -0.00190. The fraction of sp³-hybridized carbons (Fsp3) is 0.765. The van der Waals surface area contributed by atoms with Crippen molar-refractivity contribution in [3.8, 4) is 0 Å². The number of rotatable bonds is 1. The standard InChI is InChI=1S/C17H30O3/c1-13-10-11-15(18)8-6-4-5-7-9-16(20-3)17(19)14(2)12-13/h7,9,12,14-19H,4-6,8,10-11H2,1-3H3/b9-7+,13-12-/t14?,15?,16?,17-/m0/s1. The van der Waals surface area contributed by atoms with E-state index in [1.165, 1.54) is 5.57 Å². The van der Waals surface area contributed by atoms with E-state index in [1.807, 2.05) is 13.0 Å². The average Bonchev–Trinajstić information content (AvgIpc) is 2.43. The third-order valence-corrected chi connectivity index (χ3v) is 4.05. The third kappa shape index (κ3) is 6.21. The van der Waals surface area contributed by atoms with Gasteiger partial charge in [-0.3, -0.25) is 0 Å². The molecule has 0 radical (unpaired) electrons. The Hall–Kier alpha value is -0.640. The predicted octanol–water partition coefficient (Wildman–Crippen LogP) is 3.22. The second-order valence-corrected chi connectivity index (χ2v) is 5.97. The van der Waals surface area contributed by atoms with Crippen LogP contribution in [0.2, 0.25) is 0 Å². The van der Waals surface area contributed by atoms with Gasteiger partial charge in [0.05, 0.1) is 12.2 Å². The first-order chi connectivity index (χ1) is 9.54. The van der Waals surface area contributed by atoms with Crippen molar-refractivity contribution in [3.63, 3.8) is 0 Å². The number of aliphatic hydroxyl groups is 2. The Kier molecular flexibility index (Phi) is 8.12. The number of methoxy groups -OCH3 is 1.